The van der Waals surface area contributed by atoms with E-state index >= 15 is 0 Å². The first-order valence-corrected chi connectivity index (χ1v) is 5.28. The first kappa shape index (κ1) is 13.7. The summed E-state index contributed by atoms with van der Waals surface area (Å²) in [6.45, 7) is 6.95. The maximum absolute atomic E-state index is 11.5. The summed E-state index contributed by atoms with van der Waals surface area (Å²) in [5.41, 5.74) is 0. The van der Waals surface area contributed by atoms with E-state index in [9.17, 15) is 9.59 Å². The van der Waals surface area contributed by atoms with Gasteiger partial charge in [-0.15, -0.1) is 0 Å². The molecule has 0 fully saturated rings. The van der Waals surface area contributed by atoms with E-state index < -0.39 is 5.97 Å². The highest BCUT2D eigenvalue weighted by atomic mass is 16.4. The zero-order chi connectivity index (χ0) is 11.8. The predicted molar refractivity (Wildman–Crippen MR) is 57.8 cm³/mol. The number of nitrogens with one attached hydrogen (secondary N) is 1. The fourth-order valence-corrected chi connectivity index (χ4v) is 1.23. The monoisotopic (exact) mass is 216 g/mol. The van der Waals surface area contributed by atoms with E-state index in [1.807, 2.05) is 20.8 Å². The Morgan fingerprint density at radius 2 is 1.87 bits per heavy atom. The molecule has 0 saturated heterocycles. The van der Waals surface area contributed by atoms with Crippen molar-refractivity contribution in [2.45, 2.75) is 39.7 Å². The van der Waals surface area contributed by atoms with Crippen molar-refractivity contribution in [3.8, 4) is 0 Å². The molecule has 1 unspecified atom stereocenters. The molecule has 0 aliphatic carbocycles. The highest BCUT2D eigenvalue weighted by molar-refractivity contribution is 5.74. The molecule has 0 heterocycles. The van der Waals surface area contributed by atoms with Gasteiger partial charge < -0.3 is 15.3 Å². The largest absolute Gasteiger partial charge is 0.481 e. The lowest BCUT2D eigenvalue weighted by Gasteiger charge is -2.22. The van der Waals surface area contributed by atoms with Crippen molar-refractivity contribution in [2.75, 3.05) is 13.1 Å². The van der Waals surface area contributed by atoms with Crippen molar-refractivity contribution in [1.82, 2.24) is 10.2 Å². The second kappa shape index (κ2) is 7.09. The number of rotatable bonds is 6. The number of carboxylic acid groups (broad SMARTS) is 1. The van der Waals surface area contributed by atoms with Gasteiger partial charge in [0.05, 0.1) is 0 Å². The molecule has 5 heteroatoms. The summed E-state index contributed by atoms with van der Waals surface area (Å²) in [4.78, 5) is 23.5. The Balaban J connectivity index is 3.89. The minimum atomic E-state index is -0.834. The van der Waals surface area contributed by atoms with Crippen molar-refractivity contribution < 1.29 is 14.7 Å². The smallest absolute Gasteiger partial charge is 0.317 e. The Kier molecular flexibility index (Phi) is 6.49. The number of carbonyl (C=O) groups is 2. The number of hydrogen-bond acceptors (Lipinski definition) is 2. The second-order valence-corrected chi connectivity index (χ2v) is 3.46. The normalized spacial score (nSPS) is 11.9. The van der Waals surface area contributed by atoms with Gasteiger partial charge in [0.1, 0.15) is 0 Å². The molecule has 15 heavy (non-hydrogen) atoms. The van der Waals surface area contributed by atoms with Crippen LogP contribution in [0.4, 0.5) is 4.79 Å². The zero-order valence-corrected chi connectivity index (χ0v) is 9.62. The standard InChI is InChI=1S/C10H20N2O3/c1-4-12(5-2)10(15)11-8(3)6-7-9(13)14/h8H,4-7H2,1-3H3,(H,11,15)(H,13,14). The van der Waals surface area contributed by atoms with Crippen LogP contribution in [0.15, 0.2) is 0 Å². The van der Waals surface area contributed by atoms with Crippen LogP contribution < -0.4 is 5.32 Å². The summed E-state index contributed by atoms with van der Waals surface area (Å²) < 4.78 is 0. The van der Waals surface area contributed by atoms with Crippen LogP contribution in [0, 0.1) is 0 Å². The number of aliphatic carboxylic acids is 1. The predicted octanol–water partition coefficient (Wildman–Crippen LogP) is 1.29. The van der Waals surface area contributed by atoms with Crippen molar-refractivity contribution in [1.29, 1.82) is 0 Å². The van der Waals surface area contributed by atoms with E-state index in [4.69, 9.17) is 5.11 Å². The van der Waals surface area contributed by atoms with Crippen LogP contribution in [0.25, 0.3) is 0 Å². The molecule has 0 spiro atoms. The van der Waals surface area contributed by atoms with Crippen molar-refractivity contribution in [3.05, 3.63) is 0 Å². The summed E-state index contributed by atoms with van der Waals surface area (Å²) in [5, 5.41) is 11.2. The molecule has 2 amide bonds. The first-order chi connectivity index (χ1) is 7.01. The van der Waals surface area contributed by atoms with E-state index in [0.29, 0.717) is 19.5 Å². The van der Waals surface area contributed by atoms with Crippen molar-refractivity contribution in [3.63, 3.8) is 0 Å². The van der Waals surface area contributed by atoms with Crippen molar-refractivity contribution in [2.24, 2.45) is 0 Å². The Morgan fingerprint density at radius 1 is 1.33 bits per heavy atom. The molecule has 88 valence electrons. The Bertz CT molecular complexity index is 215. The number of urea groups is 1. The lowest BCUT2D eigenvalue weighted by Crippen LogP contribution is -2.43. The van der Waals surface area contributed by atoms with Gasteiger partial charge in [0, 0.05) is 25.6 Å². The minimum absolute atomic E-state index is 0.0830. The van der Waals surface area contributed by atoms with Gasteiger partial charge in [-0.2, -0.15) is 0 Å². The highest BCUT2D eigenvalue weighted by Gasteiger charge is 2.12. The van der Waals surface area contributed by atoms with Gasteiger partial charge in [0.25, 0.3) is 0 Å². The first-order valence-electron chi connectivity index (χ1n) is 5.28. The molecule has 0 aromatic rings. The van der Waals surface area contributed by atoms with Crippen LogP contribution in [0.5, 0.6) is 0 Å². The molecule has 5 nitrogen and oxygen atoms in total. The van der Waals surface area contributed by atoms with Gasteiger partial charge in [-0.1, -0.05) is 0 Å². The summed E-state index contributed by atoms with van der Waals surface area (Å²) in [5.74, 6) is -0.834. The number of nitrogens with zero attached hydrogens (tertiary/aromatic N) is 1. The molecule has 0 rings (SSSR count). The van der Waals surface area contributed by atoms with E-state index in [0.717, 1.165) is 0 Å². The molecule has 0 aromatic carbocycles. The molecule has 2 N–H and O–H groups in total. The number of amides is 2. The third-order valence-corrected chi connectivity index (χ3v) is 2.21. The Labute approximate surface area is 90.5 Å². The summed E-state index contributed by atoms with van der Waals surface area (Å²) in [7, 11) is 0. The van der Waals surface area contributed by atoms with Gasteiger partial charge in [0.2, 0.25) is 0 Å². The van der Waals surface area contributed by atoms with Crippen LogP contribution in [0.3, 0.4) is 0 Å². The SMILES string of the molecule is CCN(CC)C(=O)NC(C)CCC(=O)O. The molecular formula is C10H20N2O3. The quantitative estimate of drug-likeness (QED) is 0.703. The minimum Gasteiger partial charge on any atom is -0.481 e. The fraction of sp³-hybridized carbons (Fsp3) is 0.800. The van der Waals surface area contributed by atoms with Gasteiger partial charge in [0.15, 0.2) is 0 Å². The lowest BCUT2D eigenvalue weighted by atomic mass is 10.2. The maximum Gasteiger partial charge on any atom is 0.317 e. The Hall–Kier alpha value is -1.26. The molecule has 0 saturated carbocycles. The lowest BCUT2D eigenvalue weighted by molar-refractivity contribution is -0.137. The third kappa shape index (κ3) is 5.93. The van der Waals surface area contributed by atoms with Crippen LogP contribution in [-0.2, 0) is 4.79 Å². The second-order valence-electron chi connectivity index (χ2n) is 3.46. The molecule has 1 atom stereocenters. The van der Waals surface area contributed by atoms with Crippen LogP contribution >= 0.6 is 0 Å². The Morgan fingerprint density at radius 3 is 2.27 bits per heavy atom. The summed E-state index contributed by atoms with van der Waals surface area (Å²) in [6, 6.07) is -0.230. The number of carboxylic acids is 1. The third-order valence-electron chi connectivity index (χ3n) is 2.21. The summed E-state index contributed by atoms with van der Waals surface area (Å²) in [6.07, 6.45) is 0.544. The fourth-order valence-electron chi connectivity index (χ4n) is 1.23. The topological polar surface area (TPSA) is 69.6 Å². The number of carbonyl (C=O) groups excluding carboxylic acids is 1. The molecule has 0 aromatic heterocycles. The van der Waals surface area contributed by atoms with E-state index in [1.165, 1.54) is 0 Å². The molecule has 0 radical (unpaired) electrons. The zero-order valence-electron chi connectivity index (χ0n) is 9.62. The van der Waals surface area contributed by atoms with Crippen LogP contribution in [0.2, 0.25) is 0 Å². The molecule has 0 aliphatic heterocycles. The van der Waals surface area contributed by atoms with Gasteiger partial charge in [-0.25, -0.2) is 4.79 Å². The average molecular weight is 216 g/mol. The van der Waals surface area contributed by atoms with Gasteiger partial charge >= 0.3 is 12.0 Å². The van der Waals surface area contributed by atoms with Crippen LogP contribution in [-0.4, -0.2) is 41.1 Å². The number of hydrogen-bond donors (Lipinski definition) is 2. The maximum atomic E-state index is 11.5. The highest BCUT2D eigenvalue weighted by Crippen LogP contribution is 1.98. The van der Waals surface area contributed by atoms with E-state index in [1.54, 1.807) is 4.90 Å². The average Bonchev–Trinajstić information content (AvgIpc) is 2.16. The summed E-state index contributed by atoms with van der Waals surface area (Å²) >= 11 is 0. The van der Waals surface area contributed by atoms with E-state index in [-0.39, 0.29) is 18.5 Å². The molecule has 0 bridgehead atoms. The van der Waals surface area contributed by atoms with Crippen LogP contribution in [0.1, 0.15) is 33.6 Å². The van der Waals surface area contributed by atoms with Gasteiger partial charge in [-0.05, 0) is 27.2 Å². The van der Waals surface area contributed by atoms with E-state index in [2.05, 4.69) is 5.32 Å². The molecule has 0 aliphatic rings. The van der Waals surface area contributed by atoms with Crippen molar-refractivity contribution >= 4 is 12.0 Å². The van der Waals surface area contributed by atoms with Gasteiger partial charge in [-0.3, -0.25) is 4.79 Å². The molecular weight excluding hydrogens is 196 g/mol.